The number of benzene rings is 1. The van der Waals surface area contributed by atoms with Crippen LogP contribution in [0.3, 0.4) is 0 Å². The van der Waals surface area contributed by atoms with Gasteiger partial charge < -0.3 is 25.1 Å². The van der Waals surface area contributed by atoms with E-state index in [0.29, 0.717) is 47.8 Å². The zero-order valence-electron chi connectivity index (χ0n) is 20.7. The maximum absolute atomic E-state index is 14.7. The van der Waals surface area contributed by atoms with Gasteiger partial charge in [0.1, 0.15) is 5.60 Å². The molecule has 1 amide bonds. The van der Waals surface area contributed by atoms with E-state index >= 15 is 0 Å². The Morgan fingerprint density at radius 2 is 2.11 bits per heavy atom. The number of methoxy groups -OCH3 is 1. The van der Waals surface area contributed by atoms with E-state index in [1.54, 1.807) is 6.92 Å². The minimum atomic E-state index is -1.79. The van der Waals surface area contributed by atoms with Crippen molar-refractivity contribution in [3.63, 3.8) is 0 Å². The summed E-state index contributed by atoms with van der Waals surface area (Å²) in [6, 6.07) is 5.36. The average molecular weight is 505 g/mol. The Morgan fingerprint density at radius 1 is 1.30 bits per heavy atom. The number of Topliss-reactive ketones (excluding diaryl/α,β-unsaturated/α-hetero) is 1. The molecule has 0 aromatic heterocycles. The number of carbonyl (C=O) groups excluding carboxylic acids is 2. The molecular formula is C27H28N4O6. The van der Waals surface area contributed by atoms with Crippen LogP contribution in [-0.4, -0.2) is 65.6 Å². The Morgan fingerprint density at radius 3 is 2.84 bits per heavy atom. The molecule has 37 heavy (non-hydrogen) atoms. The van der Waals surface area contributed by atoms with E-state index in [4.69, 9.17) is 19.9 Å². The first-order chi connectivity index (χ1) is 17.7. The molecule has 3 N–H and O–H groups in total. The SMILES string of the molecule is COC(=O)N1c2c(ccc3c2OCO3)[C@]23[C@H]4C(=O)[C@]5(O)C[C@@]6(CCCN([C@H]4/C(C#N)=C(/C)N)[C@@H]62)CC[C@]135. The van der Waals surface area contributed by atoms with Gasteiger partial charge >= 0.3 is 6.09 Å². The van der Waals surface area contributed by atoms with Crippen molar-refractivity contribution >= 4 is 17.6 Å². The maximum atomic E-state index is 14.7. The fourth-order valence-corrected chi connectivity index (χ4v) is 10.4. The second kappa shape index (κ2) is 6.22. The summed E-state index contributed by atoms with van der Waals surface area (Å²) in [6.07, 6.45) is 2.66. The van der Waals surface area contributed by atoms with Crippen LogP contribution in [0.5, 0.6) is 11.5 Å². The highest BCUT2D eigenvalue weighted by Gasteiger charge is 2.95. The number of hydrogen-bond donors (Lipinski definition) is 2. The number of fused-ring (bicyclic) bond motifs is 4. The third-order valence-electron chi connectivity index (χ3n) is 11.0. The van der Waals surface area contributed by atoms with Gasteiger partial charge in [-0.1, -0.05) is 6.07 Å². The molecule has 8 aliphatic rings. The summed E-state index contributed by atoms with van der Waals surface area (Å²) in [6.45, 7) is 2.43. The molecule has 192 valence electrons. The zero-order valence-corrected chi connectivity index (χ0v) is 20.7. The molecule has 0 unspecified atom stereocenters. The first-order valence-electron chi connectivity index (χ1n) is 13.0. The van der Waals surface area contributed by atoms with Crippen LogP contribution in [0.2, 0.25) is 0 Å². The van der Waals surface area contributed by atoms with Crippen molar-refractivity contribution in [3.8, 4) is 17.6 Å². The molecule has 9 rings (SSSR count). The number of hydrogen-bond acceptors (Lipinski definition) is 9. The number of anilines is 1. The normalized spacial score (nSPS) is 43.9. The van der Waals surface area contributed by atoms with Crippen molar-refractivity contribution in [3.05, 3.63) is 29.0 Å². The van der Waals surface area contributed by atoms with Crippen molar-refractivity contribution in [2.45, 2.75) is 67.7 Å². The van der Waals surface area contributed by atoms with Gasteiger partial charge in [0.05, 0.1) is 47.4 Å². The Hall–Kier alpha value is -3.29. The number of allylic oxidation sites excluding steroid dienone is 1. The number of rotatable bonds is 1. The monoisotopic (exact) mass is 504 g/mol. The molecule has 4 aliphatic carbocycles. The highest BCUT2D eigenvalue weighted by atomic mass is 16.7. The molecular weight excluding hydrogens is 476 g/mol. The minimum absolute atomic E-state index is 0.0171. The van der Waals surface area contributed by atoms with Gasteiger partial charge in [-0.2, -0.15) is 5.26 Å². The van der Waals surface area contributed by atoms with Gasteiger partial charge in [-0.15, -0.1) is 0 Å². The lowest BCUT2D eigenvalue weighted by atomic mass is 9.40. The third-order valence-corrected chi connectivity index (χ3v) is 11.0. The van der Waals surface area contributed by atoms with Crippen LogP contribution in [0.4, 0.5) is 10.5 Å². The van der Waals surface area contributed by atoms with Crippen LogP contribution in [0.1, 0.15) is 44.6 Å². The Labute approximate surface area is 213 Å². The molecule has 6 fully saturated rings. The van der Waals surface area contributed by atoms with Crippen molar-refractivity contribution in [2.24, 2.45) is 17.1 Å². The van der Waals surface area contributed by atoms with Gasteiger partial charge in [0.15, 0.2) is 17.3 Å². The number of aliphatic hydroxyl groups is 1. The molecule has 4 bridgehead atoms. The number of nitrogens with zero attached hydrogens (tertiary/aromatic N) is 3. The van der Waals surface area contributed by atoms with Crippen LogP contribution < -0.4 is 20.1 Å². The molecule has 1 aromatic rings. The lowest BCUT2D eigenvalue weighted by molar-refractivity contribution is -0.196. The first-order valence-corrected chi connectivity index (χ1v) is 13.0. The van der Waals surface area contributed by atoms with Gasteiger partial charge in [0.25, 0.3) is 0 Å². The van der Waals surface area contributed by atoms with Crippen molar-refractivity contribution < 1.29 is 28.9 Å². The van der Waals surface area contributed by atoms with Crippen LogP contribution in [0.15, 0.2) is 23.4 Å². The van der Waals surface area contributed by atoms with Gasteiger partial charge in [-0.3, -0.25) is 14.6 Å². The van der Waals surface area contributed by atoms with Gasteiger partial charge in [-0.25, -0.2) is 4.79 Å². The molecule has 4 heterocycles. The Kier molecular flexibility index (Phi) is 3.66. The van der Waals surface area contributed by atoms with E-state index in [9.17, 15) is 20.0 Å². The third kappa shape index (κ3) is 1.83. The molecule has 10 nitrogen and oxygen atoms in total. The number of nitriles is 1. The molecule has 1 aromatic carbocycles. The number of ether oxygens (including phenoxy) is 3. The second-order valence-corrected chi connectivity index (χ2v) is 11.9. The number of ketones is 1. The largest absolute Gasteiger partial charge is 0.454 e. The van der Waals surface area contributed by atoms with Gasteiger partial charge in [0, 0.05) is 11.7 Å². The van der Waals surface area contributed by atoms with Gasteiger partial charge in [-0.05, 0) is 62.6 Å². The number of nitrogens with two attached hydrogens (primary N) is 1. The quantitative estimate of drug-likeness (QED) is 0.547. The Bertz CT molecular complexity index is 1410. The van der Waals surface area contributed by atoms with Crippen LogP contribution in [0.25, 0.3) is 0 Å². The summed E-state index contributed by atoms with van der Waals surface area (Å²) < 4.78 is 16.9. The van der Waals surface area contributed by atoms with Crippen molar-refractivity contribution in [1.82, 2.24) is 4.90 Å². The maximum Gasteiger partial charge on any atom is 0.414 e. The summed E-state index contributed by atoms with van der Waals surface area (Å²) in [4.78, 5) is 32.2. The predicted molar refractivity (Wildman–Crippen MR) is 128 cm³/mol. The van der Waals surface area contributed by atoms with Crippen molar-refractivity contribution in [2.75, 3.05) is 25.3 Å². The number of carbonyl (C=O) groups is 2. The average Bonchev–Trinajstić information content (AvgIpc) is 3.57. The number of amides is 1. The highest BCUT2D eigenvalue weighted by molar-refractivity contribution is 6.09. The fraction of sp³-hybridized carbons (Fsp3) is 0.593. The van der Waals surface area contributed by atoms with Crippen LogP contribution in [-0.2, 0) is 14.9 Å². The molecule has 3 spiro atoms. The predicted octanol–water partition coefficient (Wildman–Crippen LogP) is 1.70. The lowest BCUT2D eigenvalue weighted by Gasteiger charge is -2.69. The van der Waals surface area contributed by atoms with Crippen LogP contribution >= 0.6 is 0 Å². The second-order valence-electron chi connectivity index (χ2n) is 11.9. The fourth-order valence-electron chi connectivity index (χ4n) is 10.4. The number of piperidine rings is 1. The molecule has 10 heteroatoms. The van der Waals surface area contributed by atoms with E-state index < -0.39 is 34.6 Å². The van der Waals surface area contributed by atoms with Crippen LogP contribution in [0, 0.1) is 22.7 Å². The Balaban J connectivity index is 1.55. The molecule has 2 saturated heterocycles. The smallest absolute Gasteiger partial charge is 0.414 e. The summed E-state index contributed by atoms with van der Waals surface area (Å²) in [5, 5.41) is 23.0. The summed E-state index contributed by atoms with van der Waals surface area (Å²) in [7, 11) is 1.31. The van der Waals surface area contributed by atoms with Gasteiger partial charge in [0.2, 0.25) is 6.79 Å². The first kappa shape index (κ1) is 21.8. The summed E-state index contributed by atoms with van der Waals surface area (Å²) in [5.74, 6) is -0.0870. The van der Waals surface area contributed by atoms with E-state index in [2.05, 4.69) is 11.0 Å². The van der Waals surface area contributed by atoms with Crippen molar-refractivity contribution in [1.29, 1.82) is 5.26 Å². The summed E-state index contributed by atoms with van der Waals surface area (Å²) >= 11 is 0. The van der Waals surface area contributed by atoms with E-state index in [1.807, 2.05) is 12.1 Å². The van der Waals surface area contributed by atoms with E-state index in [1.165, 1.54) is 12.0 Å². The zero-order chi connectivity index (χ0) is 25.7. The molecule has 4 aliphatic heterocycles. The molecule has 7 atom stereocenters. The van der Waals surface area contributed by atoms with E-state index in [0.717, 1.165) is 24.8 Å². The minimum Gasteiger partial charge on any atom is -0.454 e. The van der Waals surface area contributed by atoms with E-state index in [-0.39, 0.29) is 24.0 Å². The highest BCUT2D eigenvalue weighted by Crippen LogP contribution is 2.84. The molecule has 0 radical (unpaired) electrons. The standard InChI is InChI=1S/C27H28N4O6/c1-13(29)14(10-28)18-17-21(32)25(34)11-24-6-3-9-30(18)22(24)27(17)15-4-5-16-20(37-12-36-16)19(15)31(23(33)35-2)26(25,27)8-7-24/h4-5,17-18,22,34H,3,6-9,11-12,29H2,1-2H3/b14-13-/t17-,18+,22+,24-,25-,26-,27+/m1/s1. The lowest BCUT2D eigenvalue weighted by Crippen LogP contribution is -2.82. The summed E-state index contributed by atoms with van der Waals surface area (Å²) in [5.41, 5.74) is 4.02. The topological polar surface area (TPSA) is 138 Å². The molecule has 4 saturated carbocycles.